The van der Waals surface area contributed by atoms with Gasteiger partial charge in [0, 0.05) is 31.5 Å². The Labute approximate surface area is 112 Å². The first-order chi connectivity index (χ1) is 9.26. The van der Waals surface area contributed by atoms with E-state index in [9.17, 15) is 4.79 Å². The van der Waals surface area contributed by atoms with Gasteiger partial charge in [0.15, 0.2) is 0 Å². The fraction of sp³-hybridized carbons (Fsp3) is 0.538. The van der Waals surface area contributed by atoms with Gasteiger partial charge in [0.25, 0.3) is 0 Å². The van der Waals surface area contributed by atoms with Crippen LogP contribution < -0.4 is 16.0 Å². The molecule has 1 unspecified atom stereocenters. The van der Waals surface area contributed by atoms with Gasteiger partial charge >= 0.3 is 0 Å². The number of morpholine rings is 1. The van der Waals surface area contributed by atoms with Gasteiger partial charge in [-0.3, -0.25) is 9.78 Å². The number of nitrogens with zero attached hydrogens (tertiary/aromatic N) is 2. The molecule has 0 bridgehead atoms. The van der Waals surface area contributed by atoms with Gasteiger partial charge in [-0.25, -0.2) is 0 Å². The third-order valence-corrected chi connectivity index (χ3v) is 3.12. The minimum absolute atomic E-state index is 0.00619. The molecule has 2 heterocycles. The van der Waals surface area contributed by atoms with Crippen molar-refractivity contribution in [3.05, 3.63) is 24.0 Å². The summed E-state index contributed by atoms with van der Waals surface area (Å²) >= 11 is 0. The third kappa shape index (κ3) is 3.21. The topological polar surface area (TPSA) is 80.5 Å². The first-order valence-electron chi connectivity index (χ1n) is 6.53. The first kappa shape index (κ1) is 13.8. The van der Waals surface area contributed by atoms with E-state index in [0.717, 1.165) is 11.4 Å². The number of amides is 1. The minimum Gasteiger partial charge on any atom is -0.377 e. The van der Waals surface area contributed by atoms with Crippen LogP contribution in [0.3, 0.4) is 0 Å². The summed E-state index contributed by atoms with van der Waals surface area (Å²) in [6.45, 7) is 4.64. The van der Waals surface area contributed by atoms with Crippen LogP contribution in [0.5, 0.6) is 0 Å². The van der Waals surface area contributed by atoms with Crippen molar-refractivity contribution in [1.29, 1.82) is 0 Å². The lowest BCUT2D eigenvalue weighted by atomic mass is 10.1. The van der Waals surface area contributed by atoms with Gasteiger partial charge in [0.2, 0.25) is 5.91 Å². The van der Waals surface area contributed by atoms with Crippen LogP contribution in [-0.4, -0.2) is 43.2 Å². The monoisotopic (exact) mass is 264 g/mol. The van der Waals surface area contributed by atoms with Gasteiger partial charge in [-0.05, 0) is 19.1 Å². The number of anilines is 1. The minimum atomic E-state index is -0.290. The molecule has 2 rings (SSSR count). The summed E-state index contributed by atoms with van der Waals surface area (Å²) in [6, 6.07) is 3.54. The summed E-state index contributed by atoms with van der Waals surface area (Å²) in [7, 11) is 0. The third-order valence-electron chi connectivity index (χ3n) is 3.12. The molecule has 0 radical (unpaired) electrons. The number of aromatic nitrogens is 1. The Balaban J connectivity index is 2.20. The number of likely N-dealkylation sites (N-methyl/N-ethyl adjacent to an activating group) is 1. The highest BCUT2D eigenvalue weighted by Crippen LogP contribution is 2.20. The Morgan fingerprint density at radius 1 is 1.68 bits per heavy atom. The molecule has 1 aliphatic rings. The largest absolute Gasteiger partial charge is 0.377 e. The van der Waals surface area contributed by atoms with Crippen LogP contribution in [0.1, 0.15) is 12.6 Å². The average molecular weight is 264 g/mol. The van der Waals surface area contributed by atoms with Crippen molar-refractivity contribution < 1.29 is 9.53 Å². The van der Waals surface area contributed by atoms with E-state index in [1.54, 1.807) is 6.20 Å². The summed E-state index contributed by atoms with van der Waals surface area (Å²) in [5.74, 6) is -0.00619. The van der Waals surface area contributed by atoms with Gasteiger partial charge in [-0.2, -0.15) is 0 Å². The molecule has 104 valence electrons. The van der Waals surface area contributed by atoms with E-state index >= 15 is 0 Å². The van der Waals surface area contributed by atoms with Crippen molar-refractivity contribution in [2.75, 3.05) is 31.2 Å². The first-order valence-corrected chi connectivity index (χ1v) is 6.53. The lowest BCUT2D eigenvalue weighted by Crippen LogP contribution is -2.54. The van der Waals surface area contributed by atoms with Crippen molar-refractivity contribution in [2.45, 2.75) is 19.5 Å². The Kier molecular flexibility index (Phi) is 4.70. The number of rotatable bonds is 4. The molecule has 3 N–H and O–H groups in total. The predicted molar refractivity (Wildman–Crippen MR) is 72.8 cm³/mol. The summed E-state index contributed by atoms with van der Waals surface area (Å²) in [6.07, 6.45) is 1.72. The SMILES string of the molecule is CCNC(=O)C1COCCN1c1ccnc(CN)c1. The molecule has 1 saturated heterocycles. The molecule has 1 aliphatic heterocycles. The highest BCUT2D eigenvalue weighted by molar-refractivity contribution is 5.85. The molecule has 1 aromatic rings. The highest BCUT2D eigenvalue weighted by atomic mass is 16.5. The van der Waals surface area contributed by atoms with Crippen LogP contribution in [0.25, 0.3) is 0 Å². The number of carbonyl (C=O) groups excluding carboxylic acids is 1. The van der Waals surface area contributed by atoms with Crippen molar-refractivity contribution in [3.63, 3.8) is 0 Å². The molecule has 6 heteroatoms. The number of ether oxygens (including phenoxy) is 1. The quantitative estimate of drug-likeness (QED) is 0.792. The standard InChI is InChI=1S/C13H20N4O2/c1-2-15-13(18)12-9-19-6-5-17(12)11-3-4-16-10(7-11)8-14/h3-4,7,12H,2,5-6,8-9,14H2,1H3,(H,15,18). The number of carbonyl (C=O) groups is 1. The summed E-state index contributed by atoms with van der Waals surface area (Å²) in [4.78, 5) is 18.3. The number of hydrogen-bond donors (Lipinski definition) is 2. The summed E-state index contributed by atoms with van der Waals surface area (Å²) in [5, 5.41) is 2.84. The van der Waals surface area contributed by atoms with E-state index in [1.165, 1.54) is 0 Å². The van der Waals surface area contributed by atoms with E-state index in [0.29, 0.717) is 32.8 Å². The molecular weight excluding hydrogens is 244 g/mol. The normalized spacial score (nSPS) is 19.3. The van der Waals surface area contributed by atoms with Crippen LogP contribution in [0, 0.1) is 0 Å². The second kappa shape index (κ2) is 6.49. The van der Waals surface area contributed by atoms with Crippen molar-refractivity contribution in [3.8, 4) is 0 Å². The van der Waals surface area contributed by atoms with Gasteiger partial charge in [0.1, 0.15) is 6.04 Å². The van der Waals surface area contributed by atoms with Gasteiger partial charge < -0.3 is 20.7 Å². The molecule has 19 heavy (non-hydrogen) atoms. The van der Waals surface area contributed by atoms with Crippen LogP contribution in [0.4, 0.5) is 5.69 Å². The van der Waals surface area contributed by atoms with Crippen molar-refractivity contribution >= 4 is 11.6 Å². The Hall–Kier alpha value is -1.66. The smallest absolute Gasteiger partial charge is 0.245 e. The Morgan fingerprint density at radius 2 is 2.53 bits per heavy atom. The van der Waals surface area contributed by atoms with E-state index in [4.69, 9.17) is 10.5 Å². The summed E-state index contributed by atoms with van der Waals surface area (Å²) in [5.41, 5.74) is 7.39. The van der Waals surface area contributed by atoms with Crippen molar-refractivity contribution in [1.82, 2.24) is 10.3 Å². The zero-order chi connectivity index (χ0) is 13.7. The summed E-state index contributed by atoms with van der Waals surface area (Å²) < 4.78 is 5.42. The number of nitrogens with one attached hydrogen (secondary N) is 1. The van der Waals surface area contributed by atoms with Crippen LogP contribution in [0.15, 0.2) is 18.3 Å². The second-order valence-electron chi connectivity index (χ2n) is 4.39. The maximum Gasteiger partial charge on any atom is 0.245 e. The molecule has 0 spiro atoms. The van der Waals surface area contributed by atoms with E-state index in [1.807, 2.05) is 19.1 Å². The zero-order valence-corrected chi connectivity index (χ0v) is 11.1. The Bertz CT molecular complexity index is 438. The molecule has 1 aromatic heterocycles. The lowest BCUT2D eigenvalue weighted by Gasteiger charge is -2.36. The molecule has 0 saturated carbocycles. The second-order valence-corrected chi connectivity index (χ2v) is 4.39. The fourth-order valence-corrected chi connectivity index (χ4v) is 2.18. The number of nitrogens with two attached hydrogens (primary N) is 1. The lowest BCUT2D eigenvalue weighted by molar-refractivity contribution is -0.124. The number of hydrogen-bond acceptors (Lipinski definition) is 5. The van der Waals surface area contributed by atoms with Gasteiger partial charge in [-0.1, -0.05) is 0 Å². The molecule has 6 nitrogen and oxygen atoms in total. The fourth-order valence-electron chi connectivity index (χ4n) is 2.18. The van der Waals surface area contributed by atoms with Gasteiger partial charge in [-0.15, -0.1) is 0 Å². The maximum atomic E-state index is 12.1. The van der Waals surface area contributed by atoms with Crippen molar-refractivity contribution in [2.24, 2.45) is 5.73 Å². The molecule has 1 fully saturated rings. The van der Waals surface area contributed by atoms with E-state index in [2.05, 4.69) is 15.2 Å². The van der Waals surface area contributed by atoms with Gasteiger partial charge in [0.05, 0.1) is 18.9 Å². The van der Waals surface area contributed by atoms with Crippen LogP contribution >= 0.6 is 0 Å². The zero-order valence-electron chi connectivity index (χ0n) is 11.1. The van der Waals surface area contributed by atoms with E-state index < -0.39 is 0 Å². The van der Waals surface area contributed by atoms with Crippen LogP contribution in [-0.2, 0) is 16.1 Å². The molecule has 0 aromatic carbocycles. The van der Waals surface area contributed by atoms with E-state index in [-0.39, 0.29) is 11.9 Å². The molecular formula is C13H20N4O2. The number of pyridine rings is 1. The maximum absolute atomic E-state index is 12.1. The average Bonchev–Trinajstić information content (AvgIpc) is 2.47. The molecule has 0 aliphatic carbocycles. The predicted octanol–water partition coefficient (Wildman–Crippen LogP) is -0.118. The molecule has 1 atom stereocenters. The molecule has 1 amide bonds. The Morgan fingerprint density at radius 3 is 3.26 bits per heavy atom. The highest BCUT2D eigenvalue weighted by Gasteiger charge is 2.29. The van der Waals surface area contributed by atoms with Crippen LogP contribution in [0.2, 0.25) is 0 Å².